The first-order valence-corrected chi connectivity index (χ1v) is 7.79. The number of rotatable bonds is 3. The van der Waals surface area contributed by atoms with Crippen molar-refractivity contribution in [1.82, 2.24) is 14.8 Å². The highest BCUT2D eigenvalue weighted by atomic mass is 16.5. The van der Waals surface area contributed by atoms with Crippen LogP contribution in [0.3, 0.4) is 0 Å². The van der Waals surface area contributed by atoms with Crippen LogP contribution >= 0.6 is 0 Å². The molecule has 1 aliphatic heterocycles. The Morgan fingerprint density at radius 2 is 1.91 bits per heavy atom. The Morgan fingerprint density at radius 3 is 2.59 bits per heavy atom. The minimum absolute atomic E-state index is 0.0357. The summed E-state index contributed by atoms with van der Waals surface area (Å²) < 4.78 is 5.07. The van der Waals surface area contributed by atoms with Gasteiger partial charge < -0.3 is 19.5 Å². The van der Waals surface area contributed by atoms with Gasteiger partial charge in [0.2, 0.25) is 0 Å². The van der Waals surface area contributed by atoms with Crippen LogP contribution < -0.4 is 0 Å². The van der Waals surface area contributed by atoms with E-state index in [4.69, 9.17) is 4.74 Å². The quantitative estimate of drug-likeness (QED) is 0.861. The number of aromatic amines is 1. The maximum atomic E-state index is 12.8. The molecule has 1 amide bonds. The summed E-state index contributed by atoms with van der Waals surface area (Å²) in [6, 6.07) is 0. The van der Waals surface area contributed by atoms with Crippen LogP contribution in [0.2, 0.25) is 0 Å². The topological polar surface area (TPSA) is 65.6 Å². The van der Waals surface area contributed by atoms with Crippen molar-refractivity contribution in [3.8, 4) is 0 Å². The van der Waals surface area contributed by atoms with Crippen molar-refractivity contribution < 1.29 is 14.3 Å². The molecule has 0 aromatic carbocycles. The molecule has 122 valence electrons. The minimum atomic E-state index is -0.372. The zero-order valence-corrected chi connectivity index (χ0v) is 13.9. The number of nitrogens with one attached hydrogen (secondary N) is 1. The minimum Gasteiger partial charge on any atom is -0.462 e. The molecule has 6 nitrogen and oxygen atoms in total. The van der Waals surface area contributed by atoms with E-state index in [0.717, 1.165) is 26.1 Å². The number of amides is 1. The summed E-state index contributed by atoms with van der Waals surface area (Å²) in [5, 5.41) is 0. The van der Waals surface area contributed by atoms with Crippen molar-refractivity contribution in [3.63, 3.8) is 0 Å². The van der Waals surface area contributed by atoms with Gasteiger partial charge in [-0.15, -0.1) is 0 Å². The van der Waals surface area contributed by atoms with Crippen LogP contribution in [0.4, 0.5) is 0 Å². The van der Waals surface area contributed by atoms with Gasteiger partial charge in [-0.3, -0.25) is 4.79 Å². The smallest absolute Gasteiger partial charge is 0.340 e. The fourth-order valence-electron chi connectivity index (χ4n) is 2.88. The van der Waals surface area contributed by atoms with Crippen molar-refractivity contribution in [2.24, 2.45) is 0 Å². The lowest BCUT2D eigenvalue weighted by Gasteiger charge is -2.20. The maximum Gasteiger partial charge on any atom is 0.340 e. The van der Waals surface area contributed by atoms with Gasteiger partial charge in [0.15, 0.2) is 0 Å². The third kappa shape index (κ3) is 3.32. The number of hydrogen-bond acceptors (Lipinski definition) is 4. The Kier molecular flexibility index (Phi) is 5.24. The van der Waals surface area contributed by atoms with E-state index in [1.165, 1.54) is 0 Å². The van der Waals surface area contributed by atoms with E-state index >= 15 is 0 Å². The van der Waals surface area contributed by atoms with Crippen LogP contribution in [0.25, 0.3) is 0 Å². The van der Waals surface area contributed by atoms with Crippen molar-refractivity contribution in [1.29, 1.82) is 0 Å². The predicted octanol–water partition coefficient (Wildman–Crippen LogP) is 1.59. The Hall–Kier alpha value is -1.82. The summed E-state index contributed by atoms with van der Waals surface area (Å²) in [6.07, 6.45) is 0.964. The monoisotopic (exact) mass is 307 g/mol. The third-order valence-corrected chi connectivity index (χ3v) is 4.14. The van der Waals surface area contributed by atoms with Crippen molar-refractivity contribution in [3.05, 3.63) is 22.5 Å². The van der Waals surface area contributed by atoms with Gasteiger partial charge in [-0.2, -0.15) is 0 Å². The number of aryl methyl sites for hydroxylation is 1. The molecule has 22 heavy (non-hydrogen) atoms. The van der Waals surface area contributed by atoms with Crippen LogP contribution in [0, 0.1) is 13.8 Å². The average molecular weight is 307 g/mol. The molecule has 0 aliphatic carbocycles. The number of esters is 1. The lowest BCUT2D eigenvalue weighted by Crippen LogP contribution is -2.35. The third-order valence-electron chi connectivity index (χ3n) is 4.14. The molecule has 1 N–H and O–H groups in total. The Labute approximate surface area is 131 Å². The summed E-state index contributed by atoms with van der Waals surface area (Å²) in [6.45, 7) is 9.02. The maximum absolute atomic E-state index is 12.8. The van der Waals surface area contributed by atoms with Crippen molar-refractivity contribution in [2.45, 2.75) is 27.2 Å². The fraction of sp³-hybridized carbons (Fsp3) is 0.625. The molecule has 6 heteroatoms. The molecule has 0 bridgehead atoms. The normalized spacial score (nSPS) is 16.5. The summed E-state index contributed by atoms with van der Waals surface area (Å²) >= 11 is 0. The van der Waals surface area contributed by atoms with E-state index in [2.05, 4.69) is 16.9 Å². The van der Waals surface area contributed by atoms with E-state index < -0.39 is 0 Å². The number of aromatic nitrogens is 1. The molecular formula is C16H25N3O3. The summed E-state index contributed by atoms with van der Waals surface area (Å²) in [7, 11) is 2.07. The van der Waals surface area contributed by atoms with Crippen LogP contribution in [-0.4, -0.2) is 66.5 Å². The summed E-state index contributed by atoms with van der Waals surface area (Å²) in [5.74, 6) is -0.408. The van der Waals surface area contributed by atoms with Gasteiger partial charge in [-0.1, -0.05) is 0 Å². The van der Waals surface area contributed by atoms with Gasteiger partial charge in [0, 0.05) is 25.3 Å². The SMILES string of the molecule is CCOC(=O)c1c(C)[nH]c(C(=O)N2CCCN(C)CC2)c1C. The second kappa shape index (κ2) is 6.96. The molecule has 1 aromatic rings. The zero-order chi connectivity index (χ0) is 16.3. The van der Waals surface area contributed by atoms with Gasteiger partial charge in [0.1, 0.15) is 5.69 Å². The lowest BCUT2D eigenvalue weighted by molar-refractivity contribution is 0.0525. The lowest BCUT2D eigenvalue weighted by atomic mass is 10.1. The molecule has 1 fully saturated rings. The number of hydrogen-bond donors (Lipinski definition) is 1. The van der Waals surface area contributed by atoms with Gasteiger partial charge in [-0.05, 0) is 46.3 Å². The molecule has 0 atom stereocenters. The molecule has 1 saturated heterocycles. The van der Waals surface area contributed by atoms with E-state index in [0.29, 0.717) is 35.7 Å². The number of H-pyrrole nitrogens is 1. The standard InChI is InChI=1S/C16H25N3O3/c1-5-22-16(21)13-11(2)14(17-12(13)3)15(20)19-8-6-7-18(4)9-10-19/h17H,5-10H2,1-4H3. The van der Waals surface area contributed by atoms with Crippen LogP contribution in [0.15, 0.2) is 0 Å². The molecule has 2 rings (SSSR count). The number of likely N-dealkylation sites (N-methyl/N-ethyl adjacent to an activating group) is 1. The first-order valence-electron chi connectivity index (χ1n) is 7.79. The number of nitrogens with zero attached hydrogens (tertiary/aromatic N) is 2. The number of carbonyl (C=O) groups excluding carboxylic acids is 2. The molecular weight excluding hydrogens is 282 g/mol. The highest BCUT2D eigenvalue weighted by Crippen LogP contribution is 2.21. The molecule has 1 aliphatic rings. The molecule has 0 unspecified atom stereocenters. The van der Waals surface area contributed by atoms with Gasteiger partial charge in [-0.25, -0.2) is 4.79 Å². The highest BCUT2D eigenvalue weighted by Gasteiger charge is 2.26. The van der Waals surface area contributed by atoms with E-state index in [-0.39, 0.29) is 11.9 Å². The van der Waals surface area contributed by atoms with Crippen molar-refractivity contribution in [2.75, 3.05) is 39.8 Å². The van der Waals surface area contributed by atoms with E-state index in [9.17, 15) is 9.59 Å². The van der Waals surface area contributed by atoms with Gasteiger partial charge in [0.25, 0.3) is 5.91 Å². The highest BCUT2D eigenvalue weighted by molar-refractivity contribution is 6.00. The Bertz CT molecular complexity index is 565. The largest absolute Gasteiger partial charge is 0.462 e. The number of ether oxygens (including phenoxy) is 1. The predicted molar refractivity (Wildman–Crippen MR) is 84.2 cm³/mol. The van der Waals surface area contributed by atoms with Crippen LogP contribution in [-0.2, 0) is 4.74 Å². The second-order valence-corrected chi connectivity index (χ2v) is 5.79. The van der Waals surface area contributed by atoms with Crippen LogP contribution in [0.5, 0.6) is 0 Å². The van der Waals surface area contributed by atoms with E-state index in [1.54, 1.807) is 20.8 Å². The Morgan fingerprint density at radius 1 is 1.18 bits per heavy atom. The Balaban J connectivity index is 2.23. The molecule has 1 aromatic heterocycles. The first kappa shape index (κ1) is 16.5. The zero-order valence-electron chi connectivity index (χ0n) is 13.9. The first-order chi connectivity index (χ1) is 10.5. The molecule has 0 spiro atoms. The van der Waals surface area contributed by atoms with Gasteiger partial charge in [0.05, 0.1) is 12.2 Å². The fourth-order valence-corrected chi connectivity index (χ4v) is 2.88. The molecule has 0 saturated carbocycles. The molecule has 2 heterocycles. The second-order valence-electron chi connectivity index (χ2n) is 5.79. The van der Waals surface area contributed by atoms with E-state index in [1.807, 2.05) is 4.90 Å². The summed E-state index contributed by atoms with van der Waals surface area (Å²) in [5.41, 5.74) is 2.35. The van der Waals surface area contributed by atoms with Crippen LogP contribution in [0.1, 0.15) is 45.4 Å². The summed E-state index contributed by atoms with van der Waals surface area (Å²) in [4.78, 5) is 31.9. The number of carbonyl (C=O) groups is 2. The van der Waals surface area contributed by atoms with Crippen molar-refractivity contribution >= 4 is 11.9 Å². The average Bonchev–Trinajstić information content (AvgIpc) is 2.62. The molecule has 0 radical (unpaired) electrons. The van der Waals surface area contributed by atoms with Gasteiger partial charge >= 0.3 is 5.97 Å².